The van der Waals surface area contributed by atoms with Gasteiger partial charge in [-0.15, -0.1) is 0 Å². The number of aromatic nitrogens is 2. The molecule has 0 bridgehead atoms. The van der Waals surface area contributed by atoms with Crippen molar-refractivity contribution in [3.05, 3.63) is 35.1 Å². The van der Waals surface area contributed by atoms with E-state index in [1.807, 2.05) is 24.3 Å². The summed E-state index contributed by atoms with van der Waals surface area (Å²) >= 11 is 4.82. The van der Waals surface area contributed by atoms with Gasteiger partial charge in [0.05, 0.1) is 4.47 Å². The van der Waals surface area contributed by atoms with Crippen molar-refractivity contribution in [3.63, 3.8) is 0 Å². The van der Waals surface area contributed by atoms with Crippen molar-refractivity contribution in [2.75, 3.05) is 11.1 Å². The Morgan fingerprint density at radius 2 is 2.00 bits per heavy atom. The van der Waals surface area contributed by atoms with Crippen LogP contribution in [0.3, 0.4) is 0 Å². The summed E-state index contributed by atoms with van der Waals surface area (Å²) in [5.41, 5.74) is 6.46. The fourth-order valence-corrected chi connectivity index (χ4v) is 2.60. The number of nitrogens with zero attached hydrogens (tertiary/aromatic N) is 2. The summed E-state index contributed by atoms with van der Waals surface area (Å²) in [4.78, 5) is 20.0. The Bertz CT molecular complexity index is 603. The SMILES string of the molecule is CC(=O)Nc1ccc(Sc2ncnc(N)c2Br)cc1. The molecule has 3 N–H and O–H groups in total. The highest BCUT2D eigenvalue weighted by Crippen LogP contribution is 2.34. The average Bonchev–Trinajstić information content (AvgIpc) is 2.37. The van der Waals surface area contributed by atoms with Gasteiger partial charge in [0.1, 0.15) is 17.2 Å². The largest absolute Gasteiger partial charge is 0.383 e. The lowest BCUT2D eigenvalue weighted by Crippen LogP contribution is -2.05. The normalized spacial score (nSPS) is 10.2. The molecule has 7 heteroatoms. The van der Waals surface area contributed by atoms with Gasteiger partial charge < -0.3 is 11.1 Å². The van der Waals surface area contributed by atoms with Gasteiger partial charge in [0.15, 0.2) is 0 Å². The molecule has 0 aliphatic carbocycles. The summed E-state index contributed by atoms with van der Waals surface area (Å²) < 4.78 is 0.686. The number of nitrogens with two attached hydrogens (primary N) is 1. The summed E-state index contributed by atoms with van der Waals surface area (Å²) in [6.07, 6.45) is 1.42. The molecule has 0 aliphatic rings. The summed E-state index contributed by atoms with van der Waals surface area (Å²) in [5.74, 6) is 0.319. The van der Waals surface area contributed by atoms with E-state index in [9.17, 15) is 4.79 Å². The van der Waals surface area contributed by atoms with E-state index < -0.39 is 0 Å². The first-order valence-electron chi connectivity index (χ1n) is 5.38. The highest BCUT2D eigenvalue weighted by Gasteiger charge is 2.07. The molecule has 1 aromatic carbocycles. The van der Waals surface area contributed by atoms with E-state index in [4.69, 9.17) is 5.73 Å². The van der Waals surface area contributed by atoms with E-state index in [-0.39, 0.29) is 5.91 Å². The monoisotopic (exact) mass is 338 g/mol. The van der Waals surface area contributed by atoms with Crippen LogP contribution in [0, 0.1) is 0 Å². The van der Waals surface area contributed by atoms with Crippen molar-refractivity contribution in [1.29, 1.82) is 0 Å². The van der Waals surface area contributed by atoms with E-state index in [0.717, 1.165) is 15.6 Å². The quantitative estimate of drug-likeness (QED) is 0.841. The number of halogens is 1. The molecule has 0 radical (unpaired) electrons. The van der Waals surface area contributed by atoms with Crippen molar-refractivity contribution < 1.29 is 4.79 Å². The molecule has 5 nitrogen and oxygen atoms in total. The second-order valence-electron chi connectivity index (χ2n) is 3.69. The van der Waals surface area contributed by atoms with Gasteiger partial charge in [-0.05, 0) is 40.2 Å². The van der Waals surface area contributed by atoms with E-state index in [1.54, 1.807) is 0 Å². The number of nitrogens with one attached hydrogen (secondary N) is 1. The Balaban J connectivity index is 2.15. The average molecular weight is 339 g/mol. The zero-order valence-electron chi connectivity index (χ0n) is 10.1. The molecule has 98 valence electrons. The van der Waals surface area contributed by atoms with Gasteiger partial charge in [-0.2, -0.15) is 0 Å². The molecule has 0 fully saturated rings. The van der Waals surface area contributed by atoms with E-state index in [2.05, 4.69) is 31.2 Å². The molecule has 2 rings (SSSR count). The topological polar surface area (TPSA) is 80.9 Å². The number of carbonyl (C=O) groups excluding carboxylic acids is 1. The predicted molar refractivity (Wildman–Crippen MR) is 79.0 cm³/mol. The van der Waals surface area contributed by atoms with Crippen LogP contribution in [-0.4, -0.2) is 15.9 Å². The number of nitrogen functional groups attached to an aromatic ring is 1. The number of carbonyl (C=O) groups is 1. The minimum Gasteiger partial charge on any atom is -0.383 e. The lowest BCUT2D eigenvalue weighted by atomic mass is 10.3. The first-order valence-corrected chi connectivity index (χ1v) is 6.98. The van der Waals surface area contributed by atoms with Crippen molar-refractivity contribution in [2.24, 2.45) is 0 Å². The summed E-state index contributed by atoms with van der Waals surface area (Å²) in [6, 6.07) is 7.48. The van der Waals surface area contributed by atoms with Gasteiger partial charge >= 0.3 is 0 Å². The molecular formula is C12H11BrN4OS. The molecule has 0 saturated heterocycles. The first-order chi connectivity index (χ1) is 9.06. The Morgan fingerprint density at radius 1 is 1.32 bits per heavy atom. The molecule has 1 heterocycles. The summed E-state index contributed by atoms with van der Waals surface area (Å²) in [5, 5.41) is 3.46. The van der Waals surface area contributed by atoms with Gasteiger partial charge in [-0.25, -0.2) is 9.97 Å². The number of hydrogen-bond acceptors (Lipinski definition) is 5. The zero-order chi connectivity index (χ0) is 13.8. The van der Waals surface area contributed by atoms with E-state index in [1.165, 1.54) is 25.0 Å². The van der Waals surface area contributed by atoms with Crippen molar-refractivity contribution in [2.45, 2.75) is 16.8 Å². The van der Waals surface area contributed by atoms with Crippen LogP contribution >= 0.6 is 27.7 Å². The lowest BCUT2D eigenvalue weighted by molar-refractivity contribution is -0.114. The molecule has 0 atom stereocenters. The molecule has 0 aliphatic heterocycles. The smallest absolute Gasteiger partial charge is 0.221 e. The van der Waals surface area contributed by atoms with Gasteiger partial charge in [0.25, 0.3) is 0 Å². The van der Waals surface area contributed by atoms with Crippen molar-refractivity contribution in [1.82, 2.24) is 9.97 Å². The van der Waals surface area contributed by atoms with Crippen LogP contribution < -0.4 is 11.1 Å². The van der Waals surface area contributed by atoms with E-state index >= 15 is 0 Å². The molecular weight excluding hydrogens is 328 g/mol. The minimum absolute atomic E-state index is 0.0910. The van der Waals surface area contributed by atoms with Gasteiger partial charge in [-0.1, -0.05) is 11.8 Å². The fraction of sp³-hybridized carbons (Fsp3) is 0.0833. The van der Waals surface area contributed by atoms with Crippen LogP contribution in [0.1, 0.15) is 6.92 Å². The summed E-state index contributed by atoms with van der Waals surface area (Å²) in [7, 11) is 0. The number of rotatable bonds is 3. The molecule has 0 spiro atoms. The van der Waals surface area contributed by atoms with Gasteiger partial charge in [0.2, 0.25) is 5.91 Å². The third kappa shape index (κ3) is 3.68. The van der Waals surface area contributed by atoms with E-state index in [0.29, 0.717) is 10.3 Å². The highest BCUT2D eigenvalue weighted by molar-refractivity contribution is 9.10. The van der Waals surface area contributed by atoms with Crippen LogP contribution in [0.5, 0.6) is 0 Å². The zero-order valence-corrected chi connectivity index (χ0v) is 12.5. The Kier molecular flexibility index (Phi) is 4.39. The molecule has 0 saturated carbocycles. The number of anilines is 2. The maximum Gasteiger partial charge on any atom is 0.221 e. The minimum atomic E-state index is -0.0910. The molecule has 1 amide bonds. The van der Waals surface area contributed by atoms with Crippen LogP contribution in [0.2, 0.25) is 0 Å². The van der Waals surface area contributed by atoms with Crippen LogP contribution in [-0.2, 0) is 4.79 Å². The number of hydrogen-bond donors (Lipinski definition) is 2. The van der Waals surface area contributed by atoms with Gasteiger partial charge in [0, 0.05) is 17.5 Å². The van der Waals surface area contributed by atoms with Crippen LogP contribution in [0.4, 0.5) is 11.5 Å². The third-order valence-electron chi connectivity index (χ3n) is 2.17. The summed E-state index contributed by atoms with van der Waals surface area (Å²) in [6.45, 7) is 1.48. The number of benzene rings is 1. The lowest BCUT2D eigenvalue weighted by Gasteiger charge is -2.06. The molecule has 1 aromatic heterocycles. The first kappa shape index (κ1) is 13.8. The third-order valence-corrected chi connectivity index (χ3v) is 4.23. The Labute approximate surface area is 123 Å². The predicted octanol–water partition coefficient (Wildman–Crippen LogP) is 2.93. The maximum absolute atomic E-state index is 10.9. The number of amides is 1. The van der Waals surface area contributed by atoms with Crippen molar-refractivity contribution >= 4 is 45.1 Å². The van der Waals surface area contributed by atoms with Gasteiger partial charge in [-0.3, -0.25) is 4.79 Å². The molecule has 0 unspecified atom stereocenters. The van der Waals surface area contributed by atoms with Crippen molar-refractivity contribution in [3.8, 4) is 0 Å². The van der Waals surface area contributed by atoms with Crippen LogP contribution in [0.25, 0.3) is 0 Å². The second-order valence-corrected chi connectivity index (χ2v) is 5.54. The second kappa shape index (κ2) is 6.03. The van der Waals surface area contributed by atoms with Crippen LogP contribution in [0.15, 0.2) is 45.0 Å². The standard InChI is InChI=1S/C12H11BrN4OS/c1-7(18)17-8-2-4-9(5-3-8)19-12-10(13)11(14)15-6-16-12/h2-6H,1H3,(H,17,18)(H2,14,15,16). The molecule has 19 heavy (non-hydrogen) atoms. The Hall–Kier alpha value is -1.60. The highest BCUT2D eigenvalue weighted by atomic mass is 79.9. The molecule has 2 aromatic rings. The fourth-order valence-electron chi connectivity index (χ4n) is 1.36. The maximum atomic E-state index is 10.9. The Morgan fingerprint density at radius 3 is 2.63 bits per heavy atom.